The maximum atomic E-state index is 13.8. The molecule has 1 unspecified atom stereocenters. The lowest BCUT2D eigenvalue weighted by Crippen LogP contribution is -2.12. The topological polar surface area (TPSA) is 82.1 Å². The van der Waals surface area contributed by atoms with Gasteiger partial charge in [-0.3, -0.25) is 4.79 Å². The molecule has 0 amide bonds. The number of phenols is 1. The van der Waals surface area contributed by atoms with Crippen LogP contribution in [-0.4, -0.2) is 28.5 Å². The average molecular weight is 396 g/mol. The van der Waals surface area contributed by atoms with E-state index in [1.54, 1.807) is 12.1 Å². The second-order valence-corrected chi connectivity index (χ2v) is 8.04. The molecule has 0 spiro atoms. The third-order valence-corrected chi connectivity index (χ3v) is 6.69. The molecule has 0 radical (unpaired) electrons. The zero-order valence-electron chi connectivity index (χ0n) is 14.9. The van der Waals surface area contributed by atoms with E-state index in [2.05, 4.69) is 0 Å². The SMILES string of the molecule is COc1ccc2ccccc2c1S(=O)c1c(O)ccc2c1[C@H]1OC(=O)C[C@H]1O2. The summed E-state index contributed by atoms with van der Waals surface area (Å²) in [5, 5.41) is 12.3. The van der Waals surface area contributed by atoms with Gasteiger partial charge in [-0.25, -0.2) is 4.21 Å². The number of phenolic OH excluding ortho intramolecular Hbond substituents is 1. The van der Waals surface area contributed by atoms with Crippen molar-refractivity contribution in [1.29, 1.82) is 0 Å². The summed E-state index contributed by atoms with van der Waals surface area (Å²) in [4.78, 5) is 12.4. The molecular weight excluding hydrogens is 380 g/mol. The van der Waals surface area contributed by atoms with Crippen LogP contribution in [0.2, 0.25) is 0 Å². The van der Waals surface area contributed by atoms with Gasteiger partial charge in [0, 0.05) is 5.39 Å². The summed E-state index contributed by atoms with van der Waals surface area (Å²) >= 11 is 0. The molecule has 1 fully saturated rings. The fourth-order valence-electron chi connectivity index (χ4n) is 3.86. The van der Waals surface area contributed by atoms with E-state index in [4.69, 9.17) is 14.2 Å². The number of hydrogen-bond acceptors (Lipinski definition) is 6. The fraction of sp³-hybridized carbons (Fsp3) is 0.190. The summed E-state index contributed by atoms with van der Waals surface area (Å²) in [5.41, 5.74) is 0.462. The number of aromatic hydroxyl groups is 1. The summed E-state index contributed by atoms with van der Waals surface area (Å²) in [6.45, 7) is 0. The predicted octanol–water partition coefficient (Wildman–Crippen LogP) is 3.47. The number of esters is 1. The van der Waals surface area contributed by atoms with Gasteiger partial charge in [0.25, 0.3) is 0 Å². The van der Waals surface area contributed by atoms with Crippen molar-refractivity contribution in [2.75, 3.05) is 7.11 Å². The van der Waals surface area contributed by atoms with Gasteiger partial charge in [0.1, 0.15) is 17.2 Å². The summed E-state index contributed by atoms with van der Waals surface area (Å²) in [7, 11) is -0.281. The molecule has 3 aromatic rings. The number of hydrogen-bond donors (Lipinski definition) is 1. The Bertz CT molecular complexity index is 1160. The van der Waals surface area contributed by atoms with Gasteiger partial charge < -0.3 is 19.3 Å². The normalized spacial score (nSPS) is 21.0. The van der Waals surface area contributed by atoms with Crippen molar-refractivity contribution in [3.05, 3.63) is 54.1 Å². The van der Waals surface area contributed by atoms with Crippen molar-refractivity contribution in [2.24, 2.45) is 0 Å². The van der Waals surface area contributed by atoms with Crippen LogP contribution in [-0.2, 0) is 20.3 Å². The lowest BCUT2D eigenvalue weighted by atomic mass is 10.1. The van der Waals surface area contributed by atoms with Crippen LogP contribution in [0.5, 0.6) is 17.2 Å². The van der Waals surface area contributed by atoms with E-state index in [9.17, 15) is 14.1 Å². The predicted molar refractivity (Wildman–Crippen MR) is 101 cm³/mol. The molecule has 0 saturated carbocycles. The Morgan fingerprint density at radius 1 is 1.07 bits per heavy atom. The lowest BCUT2D eigenvalue weighted by molar-refractivity contribution is -0.141. The van der Waals surface area contributed by atoms with Crippen molar-refractivity contribution >= 4 is 27.5 Å². The number of ether oxygens (including phenoxy) is 3. The zero-order valence-corrected chi connectivity index (χ0v) is 15.7. The van der Waals surface area contributed by atoms with Gasteiger partial charge in [-0.05, 0) is 23.6 Å². The molecule has 1 saturated heterocycles. The van der Waals surface area contributed by atoms with Gasteiger partial charge in [0.15, 0.2) is 12.2 Å². The minimum atomic E-state index is -1.79. The van der Waals surface area contributed by atoms with Gasteiger partial charge in [-0.15, -0.1) is 0 Å². The Labute approximate surface area is 163 Å². The van der Waals surface area contributed by atoms with Crippen molar-refractivity contribution in [1.82, 2.24) is 0 Å². The Balaban J connectivity index is 1.75. The molecule has 3 aromatic carbocycles. The van der Waals surface area contributed by atoms with Gasteiger partial charge in [0.2, 0.25) is 0 Å². The van der Waals surface area contributed by atoms with E-state index in [0.29, 0.717) is 22.0 Å². The highest BCUT2D eigenvalue weighted by molar-refractivity contribution is 7.85. The fourth-order valence-corrected chi connectivity index (χ4v) is 5.46. The maximum absolute atomic E-state index is 13.8. The van der Waals surface area contributed by atoms with Crippen LogP contribution in [0, 0.1) is 0 Å². The van der Waals surface area contributed by atoms with E-state index < -0.39 is 23.0 Å². The highest BCUT2D eigenvalue weighted by Crippen LogP contribution is 2.50. The first-order valence-electron chi connectivity index (χ1n) is 8.78. The molecule has 0 bridgehead atoms. The molecule has 2 aliphatic rings. The number of rotatable bonds is 3. The highest BCUT2D eigenvalue weighted by Gasteiger charge is 2.47. The Morgan fingerprint density at radius 2 is 1.89 bits per heavy atom. The van der Waals surface area contributed by atoms with E-state index in [1.807, 2.05) is 30.3 Å². The van der Waals surface area contributed by atoms with Gasteiger partial charge in [0.05, 0.1) is 39.7 Å². The molecule has 3 atom stereocenters. The quantitative estimate of drug-likeness (QED) is 0.683. The first-order valence-corrected chi connectivity index (χ1v) is 9.93. The summed E-state index contributed by atoms with van der Waals surface area (Å²) in [5.74, 6) is 0.415. The van der Waals surface area contributed by atoms with Crippen LogP contribution in [0.3, 0.4) is 0 Å². The molecule has 2 aliphatic heterocycles. The molecule has 2 heterocycles. The van der Waals surface area contributed by atoms with Crippen LogP contribution in [0.25, 0.3) is 10.8 Å². The van der Waals surface area contributed by atoms with Crippen LogP contribution < -0.4 is 9.47 Å². The third-order valence-electron chi connectivity index (χ3n) is 5.10. The number of carbonyl (C=O) groups is 1. The van der Waals surface area contributed by atoms with Crippen LogP contribution in [0.4, 0.5) is 0 Å². The maximum Gasteiger partial charge on any atom is 0.310 e. The zero-order chi connectivity index (χ0) is 19.4. The standard InChI is InChI=1S/C21H16O6S/c1-25-15-8-6-11-4-2-3-5-12(11)20(15)28(24)21-13(22)7-9-14-18(21)19-16(26-14)10-17(23)27-19/h2-9,16,19,22H,10H2,1H3/t16-,19+,28?/m1/s1. The summed E-state index contributed by atoms with van der Waals surface area (Å²) < 4.78 is 30.4. The Kier molecular flexibility index (Phi) is 3.80. The molecule has 142 valence electrons. The Hall–Kier alpha value is -3.06. The summed E-state index contributed by atoms with van der Waals surface area (Å²) in [6, 6.07) is 14.2. The molecule has 28 heavy (non-hydrogen) atoms. The van der Waals surface area contributed by atoms with Crippen molar-refractivity contribution in [3.8, 4) is 17.2 Å². The largest absolute Gasteiger partial charge is 0.507 e. The molecular formula is C21H16O6S. The lowest BCUT2D eigenvalue weighted by Gasteiger charge is -2.16. The second-order valence-electron chi connectivity index (χ2n) is 6.68. The van der Waals surface area contributed by atoms with E-state index in [0.717, 1.165) is 10.8 Å². The number of benzene rings is 3. The monoisotopic (exact) mass is 396 g/mol. The molecule has 0 aliphatic carbocycles. The van der Waals surface area contributed by atoms with Crippen LogP contribution in [0.1, 0.15) is 18.1 Å². The number of carbonyl (C=O) groups excluding carboxylic acids is 1. The second kappa shape index (κ2) is 6.24. The average Bonchev–Trinajstić information content (AvgIpc) is 3.22. The van der Waals surface area contributed by atoms with Gasteiger partial charge in [-0.1, -0.05) is 30.3 Å². The smallest absolute Gasteiger partial charge is 0.310 e. The van der Waals surface area contributed by atoms with E-state index >= 15 is 0 Å². The van der Waals surface area contributed by atoms with Gasteiger partial charge >= 0.3 is 5.97 Å². The first kappa shape index (κ1) is 17.1. The highest BCUT2D eigenvalue weighted by atomic mass is 32.2. The minimum Gasteiger partial charge on any atom is -0.507 e. The molecule has 0 aromatic heterocycles. The molecule has 6 nitrogen and oxygen atoms in total. The minimum absolute atomic E-state index is 0.129. The Morgan fingerprint density at radius 3 is 2.71 bits per heavy atom. The molecule has 5 rings (SSSR count). The summed E-state index contributed by atoms with van der Waals surface area (Å²) in [6.07, 6.45) is -1.01. The first-order chi connectivity index (χ1) is 13.6. The molecule has 7 heteroatoms. The number of methoxy groups -OCH3 is 1. The van der Waals surface area contributed by atoms with E-state index in [-0.39, 0.29) is 23.0 Å². The van der Waals surface area contributed by atoms with Crippen molar-refractivity contribution in [2.45, 2.75) is 28.4 Å². The molecule has 1 N–H and O–H groups in total. The third kappa shape index (κ3) is 2.39. The van der Waals surface area contributed by atoms with E-state index in [1.165, 1.54) is 13.2 Å². The van der Waals surface area contributed by atoms with Crippen molar-refractivity contribution < 1.29 is 28.3 Å². The van der Waals surface area contributed by atoms with Gasteiger partial charge in [-0.2, -0.15) is 0 Å². The van der Waals surface area contributed by atoms with Crippen LogP contribution >= 0.6 is 0 Å². The van der Waals surface area contributed by atoms with Crippen LogP contribution in [0.15, 0.2) is 58.3 Å². The van der Waals surface area contributed by atoms with Crippen molar-refractivity contribution in [3.63, 3.8) is 0 Å². The number of fused-ring (bicyclic) bond motifs is 4.